The van der Waals surface area contributed by atoms with E-state index in [2.05, 4.69) is 29.6 Å². The second-order valence-electron chi connectivity index (χ2n) is 6.57. The maximum atomic E-state index is 12.3. The number of esters is 1. The van der Waals surface area contributed by atoms with Crippen molar-refractivity contribution in [2.75, 3.05) is 20.0 Å². The highest BCUT2D eigenvalue weighted by Crippen LogP contribution is 2.25. The third-order valence-corrected chi connectivity index (χ3v) is 5.07. The molecular weight excluding hydrogens is 324 g/mol. The molecule has 0 saturated heterocycles. The fourth-order valence-electron chi connectivity index (χ4n) is 2.06. The summed E-state index contributed by atoms with van der Waals surface area (Å²) < 4.78 is 16.3. The van der Waals surface area contributed by atoms with E-state index in [0.29, 0.717) is 23.4 Å². The number of pyridine rings is 2. The van der Waals surface area contributed by atoms with Gasteiger partial charge in [-0.1, -0.05) is 19.6 Å². The molecule has 0 radical (unpaired) electrons. The molecule has 6 nitrogen and oxygen atoms in total. The van der Waals surface area contributed by atoms with Crippen molar-refractivity contribution in [3.8, 4) is 5.75 Å². The SMILES string of the molecule is CCOC(=O)c1c(OCOCC[Si](C)(C)C)cnc2cccnc12. The Kier molecular flexibility index (Phi) is 6.27. The normalized spacial score (nSPS) is 11.5. The summed E-state index contributed by atoms with van der Waals surface area (Å²) in [5.74, 6) is -0.145. The van der Waals surface area contributed by atoms with Crippen LogP contribution in [0.1, 0.15) is 17.3 Å². The molecule has 0 unspecified atom stereocenters. The predicted octanol–water partition coefficient (Wildman–Crippen LogP) is 3.50. The van der Waals surface area contributed by atoms with Crippen molar-refractivity contribution in [3.63, 3.8) is 0 Å². The Bertz CT molecular complexity index is 701. The minimum absolute atomic E-state index is 0.0664. The van der Waals surface area contributed by atoms with Gasteiger partial charge in [0.25, 0.3) is 0 Å². The van der Waals surface area contributed by atoms with Gasteiger partial charge in [0.1, 0.15) is 11.1 Å². The number of ether oxygens (including phenoxy) is 3. The average Bonchev–Trinajstić information content (AvgIpc) is 2.53. The molecule has 0 spiro atoms. The minimum Gasteiger partial charge on any atom is -0.465 e. The maximum absolute atomic E-state index is 12.3. The van der Waals surface area contributed by atoms with Crippen LogP contribution in [-0.2, 0) is 9.47 Å². The smallest absolute Gasteiger partial charge is 0.344 e. The number of rotatable bonds is 8. The van der Waals surface area contributed by atoms with Gasteiger partial charge < -0.3 is 14.2 Å². The fraction of sp³-hybridized carbons (Fsp3) is 0.471. The summed E-state index contributed by atoms with van der Waals surface area (Å²) in [6, 6.07) is 4.61. The standard InChI is InChI=1S/C17H24N2O4Si/c1-5-22-17(20)15-14(23-12-21-9-10-24(2,3)4)11-19-13-7-6-8-18-16(13)15/h6-8,11H,5,9-10,12H2,1-4H3. The highest BCUT2D eigenvalue weighted by Gasteiger charge is 2.20. The molecule has 0 saturated carbocycles. The molecule has 2 aromatic heterocycles. The van der Waals surface area contributed by atoms with E-state index < -0.39 is 14.0 Å². The summed E-state index contributed by atoms with van der Waals surface area (Å²) in [5, 5.41) is 0. The Labute approximate surface area is 143 Å². The molecule has 130 valence electrons. The van der Waals surface area contributed by atoms with E-state index in [4.69, 9.17) is 14.2 Å². The van der Waals surface area contributed by atoms with E-state index in [1.807, 2.05) is 0 Å². The molecule has 0 amide bonds. The molecule has 0 bridgehead atoms. The van der Waals surface area contributed by atoms with Crippen molar-refractivity contribution in [2.24, 2.45) is 0 Å². The van der Waals surface area contributed by atoms with Crippen LogP contribution in [0.5, 0.6) is 5.75 Å². The highest BCUT2D eigenvalue weighted by atomic mass is 28.3. The minimum atomic E-state index is -1.14. The van der Waals surface area contributed by atoms with E-state index in [1.54, 1.807) is 25.3 Å². The van der Waals surface area contributed by atoms with E-state index in [-0.39, 0.29) is 19.0 Å². The third kappa shape index (κ3) is 5.00. The summed E-state index contributed by atoms with van der Waals surface area (Å²) in [6.45, 7) is 9.61. The molecule has 7 heteroatoms. The van der Waals surface area contributed by atoms with Gasteiger partial charge in [0, 0.05) is 20.9 Å². The molecule has 2 aromatic rings. The van der Waals surface area contributed by atoms with Gasteiger partial charge in [-0.05, 0) is 25.1 Å². The third-order valence-electron chi connectivity index (χ3n) is 3.36. The van der Waals surface area contributed by atoms with Crippen LogP contribution in [0.2, 0.25) is 25.7 Å². The van der Waals surface area contributed by atoms with Gasteiger partial charge in [-0.2, -0.15) is 0 Å². The number of carbonyl (C=O) groups is 1. The summed E-state index contributed by atoms with van der Waals surface area (Å²) in [7, 11) is -1.14. The van der Waals surface area contributed by atoms with Gasteiger partial charge in [-0.3, -0.25) is 9.97 Å². The van der Waals surface area contributed by atoms with Crippen molar-refractivity contribution in [1.29, 1.82) is 0 Å². The van der Waals surface area contributed by atoms with Crippen LogP contribution in [0.25, 0.3) is 11.0 Å². The molecular formula is C17H24N2O4Si. The fourth-order valence-corrected chi connectivity index (χ4v) is 2.81. The lowest BCUT2D eigenvalue weighted by molar-refractivity contribution is 0.0203. The number of carbonyl (C=O) groups excluding carboxylic acids is 1. The summed E-state index contributed by atoms with van der Waals surface area (Å²) in [6.07, 6.45) is 3.12. The van der Waals surface area contributed by atoms with Gasteiger partial charge in [0.15, 0.2) is 12.5 Å². The molecule has 2 rings (SSSR count). The van der Waals surface area contributed by atoms with Crippen molar-refractivity contribution in [3.05, 3.63) is 30.1 Å². The summed E-state index contributed by atoms with van der Waals surface area (Å²) >= 11 is 0. The Morgan fingerprint density at radius 1 is 1.25 bits per heavy atom. The lowest BCUT2D eigenvalue weighted by Crippen LogP contribution is -2.22. The Morgan fingerprint density at radius 2 is 2.04 bits per heavy atom. The van der Waals surface area contributed by atoms with Crippen LogP contribution in [-0.4, -0.2) is 44.0 Å². The van der Waals surface area contributed by atoms with Crippen LogP contribution in [0.15, 0.2) is 24.5 Å². The van der Waals surface area contributed by atoms with Gasteiger partial charge in [-0.25, -0.2) is 4.79 Å². The summed E-state index contributed by atoms with van der Waals surface area (Å²) in [5.41, 5.74) is 1.37. The number of fused-ring (bicyclic) bond motifs is 1. The molecule has 0 aromatic carbocycles. The van der Waals surface area contributed by atoms with E-state index >= 15 is 0 Å². The molecule has 0 aliphatic heterocycles. The number of hydrogen-bond donors (Lipinski definition) is 0. The zero-order chi connectivity index (χ0) is 17.6. The number of nitrogens with zero attached hydrogens (tertiary/aromatic N) is 2. The first-order valence-electron chi connectivity index (χ1n) is 8.04. The van der Waals surface area contributed by atoms with Crippen LogP contribution in [0.3, 0.4) is 0 Å². The van der Waals surface area contributed by atoms with Gasteiger partial charge in [0.05, 0.1) is 18.3 Å². The average molecular weight is 348 g/mol. The first-order chi connectivity index (χ1) is 11.4. The van der Waals surface area contributed by atoms with Crippen molar-refractivity contribution >= 4 is 25.1 Å². The first kappa shape index (κ1) is 18.3. The molecule has 0 atom stereocenters. The predicted molar refractivity (Wildman–Crippen MR) is 95.1 cm³/mol. The molecule has 0 N–H and O–H groups in total. The van der Waals surface area contributed by atoms with Gasteiger partial charge in [0.2, 0.25) is 0 Å². The van der Waals surface area contributed by atoms with Crippen LogP contribution in [0.4, 0.5) is 0 Å². The van der Waals surface area contributed by atoms with E-state index in [0.717, 1.165) is 6.04 Å². The van der Waals surface area contributed by atoms with Crippen molar-refractivity contribution in [1.82, 2.24) is 9.97 Å². The maximum Gasteiger partial charge on any atom is 0.344 e. The molecule has 0 fully saturated rings. The quantitative estimate of drug-likeness (QED) is 0.315. The largest absolute Gasteiger partial charge is 0.465 e. The van der Waals surface area contributed by atoms with E-state index in [9.17, 15) is 4.79 Å². The van der Waals surface area contributed by atoms with Crippen LogP contribution >= 0.6 is 0 Å². The Balaban J connectivity index is 2.14. The Morgan fingerprint density at radius 3 is 2.75 bits per heavy atom. The molecule has 2 heterocycles. The zero-order valence-electron chi connectivity index (χ0n) is 14.7. The highest BCUT2D eigenvalue weighted by molar-refractivity contribution is 6.76. The number of hydrogen-bond acceptors (Lipinski definition) is 6. The Hall–Kier alpha value is -1.99. The lowest BCUT2D eigenvalue weighted by Gasteiger charge is -2.16. The topological polar surface area (TPSA) is 70.5 Å². The monoisotopic (exact) mass is 348 g/mol. The van der Waals surface area contributed by atoms with Gasteiger partial charge >= 0.3 is 5.97 Å². The van der Waals surface area contributed by atoms with Crippen molar-refractivity contribution in [2.45, 2.75) is 32.6 Å². The lowest BCUT2D eigenvalue weighted by atomic mass is 10.2. The van der Waals surface area contributed by atoms with Crippen LogP contribution in [0, 0.1) is 0 Å². The first-order valence-corrected chi connectivity index (χ1v) is 11.7. The molecule has 0 aliphatic carbocycles. The number of aromatic nitrogens is 2. The molecule has 24 heavy (non-hydrogen) atoms. The second-order valence-corrected chi connectivity index (χ2v) is 12.2. The van der Waals surface area contributed by atoms with Gasteiger partial charge in [-0.15, -0.1) is 0 Å². The second kappa shape index (κ2) is 8.21. The van der Waals surface area contributed by atoms with E-state index in [1.165, 1.54) is 6.20 Å². The summed E-state index contributed by atoms with van der Waals surface area (Å²) in [4.78, 5) is 20.8. The molecule has 0 aliphatic rings. The van der Waals surface area contributed by atoms with Crippen molar-refractivity contribution < 1.29 is 19.0 Å². The zero-order valence-corrected chi connectivity index (χ0v) is 15.7. The van der Waals surface area contributed by atoms with Crippen LogP contribution < -0.4 is 4.74 Å².